The van der Waals surface area contributed by atoms with Crippen molar-refractivity contribution in [3.63, 3.8) is 0 Å². The number of aromatic nitrogens is 3. The Morgan fingerprint density at radius 3 is 2.73 bits per heavy atom. The molecule has 1 fully saturated rings. The number of nitrogens with zero attached hydrogens (tertiary/aromatic N) is 4. The molecule has 8 nitrogen and oxygen atoms in total. The van der Waals surface area contributed by atoms with E-state index in [9.17, 15) is 18.4 Å². The van der Waals surface area contributed by atoms with Crippen molar-refractivity contribution in [3.05, 3.63) is 65.4 Å². The van der Waals surface area contributed by atoms with Crippen LogP contribution < -0.4 is 5.32 Å². The van der Waals surface area contributed by atoms with E-state index in [-0.39, 0.29) is 47.6 Å². The summed E-state index contributed by atoms with van der Waals surface area (Å²) in [5.41, 5.74) is 0.901. The topological polar surface area (TPSA) is 89.3 Å². The number of halogens is 2. The molecule has 0 spiro atoms. The molecule has 10 heteroatoms. The summed E-state index contributed by atoms with van der Waals surface area (Å²) in [5, 5.41) is 2.66. The normalized spacial score (nSPS) is 15.4. The maximum absolute atomic E-state index is 14.3. The minimum Gasteiger partial charge on any atom is -0.359 e. The molecule has 1 saturated heterocycles. The molecule has 2 amide bonds. The van der Waals surface area contributed by atoms with Gasteiger partial charge in [0.05, 0.1) is 41.4 Å². The predicted molar refractivity (Wildman–Crippen MR) is 99.7 cm³/mol. The van der Waals surface area contributed by atoms with Gasteiger partial charge in [-0.3, -0.25) is 9.59 Å². The fourth-order valence-electron chi connectivity index (χ4n) is 3.59. The summed E-state index contributed by atoms with van der Waals surface area (Å²) in [6, 6.07) is 4.97. The van der Waals surface area contributed by atoms with Crippen LogP contribution in [0.15, 0.2) is 36.8 Å². The molecule has 0 radical (unpaired) electrons. The van der Waals surface area contributed by atoms with Crippen molar-refractivity contribution in [2.45, 2.75) is 6.54 Å². The molecule has 0 atom stereocenters. The first-order valence-electron chi connectivity index (χ1n) is 9.21. The molecule has 0 aliphatic carbocycles. The van der Waals surface area contributed by atoms with E-state index in [1.54, 1.807) is 0 Å². The van der Waals surface area contributed by atoms with E-state index in [4.69, 9.17) is 4.74 Å². The van der Waals surface area contributed by atoms with Gasteiger partial charge in [0.25, 0.3) is 11.8 Å². The fourth-order valence-corrected chi connectivity index (χ4v) is 3.59. The van der Waals surface area contributed by atoms with Gasteiger partial charge in [-0.15, -0.1) is 0 Å². The van der Waals surface area contributed by atoms with Gasteiger partial charge < -0.3 is 19.5 Å². The van der Waals surface area contributed by atoms with Crippen LogP contribution in [0.2, 0.25) is 0 Å². The minimum absolute atomic E-state index is 0.0466. The van der Waals surface area contributed by atoms with Gasteiger partial charge in [-0.25, -0.2) is 18.7 Å². The fraction of sp³-hybridized carbons (Fsp3) is 0.200. The highest BCUT2D eigenvalue weighted by Gasteiger charge is 2.29. The number of rotatable bonds is 3. The van der Waals surface area contributed by atoms with Gasteiger partial charge in [0.15, 0.2) is 0 Å². The number of benzene rings is 1. The smallest absolute Gasteiger partial charge is 0.275 e. The number of carbonyl (C=O) groups is 2. The lowest BCUT2D eigenvalue weighted by molar-refractivity contribution is 0.0689. The first kappa shape index (κ1) is 18.4. The van der Waals surface area contributed by atoms with Crippen LogP contribution in [0.5, 0.6) is 0 Å². The maximum atomic E-state index is 14.3. The average Bonchev–Trinajstić information content (AvgIpc) is 3.49. The minimum atomic E-state index is -0.763. The number of hydrogen-bond acceptors (Lipinski definition) is 5. The van der Waals surface area contributed by atoms with Crippen molar-refractivity contribution in [2.24, 2.45) is 0 Å². The number of carbonyl (C=O) groups excluding carboxylic acids is 2. The third-order valence-electron chi connectivity index (χ3n) is 5.06. The van der Waals surface area contributed by atoms with Gasteiger partial charge >= 0.3 is 0 Å². The molecule has 30 heavy (non-hydrogen) atoms. The monoisotopic (exact) mass is 411 g/mol. The number of pyridine rings is 1. The molecule has 1 aromatic carbocycles. The zero-order valence-corrected chi connectivity index (χ0v) is 15.6. The number of nitrogens with one attached hydrogen (secondary N) is 1. The van der Waals surface area contributed by atoms with Crippen LogP contribution in [-0.4, -0.2) is 51.1 Å². The molecule has 1 N–H and O–H groups in total. The Kier molecular flexibility index (Phi) is 4.28. The summed E-state index contributed by atoms with van der Waals surface area (Å²) < 4.78 is 35.4. The van der Waals surface area contributed by atoms with Gasteiger partial charge in [-0.1, -0.05) is 6.07 Å². The van der Waals surface area contributed by atoms with Crippen molar-refractivity contribution in [2.75, 3.05) is 19.9 Å². The molecule has 2 aliphatic rings. The van der Waals surface area contributed by atoms with Gasteiger partial charge in [-0.05, 0) is 18.2 Å². The zero-order chi connectivity index (χ0) is 20.8. The highest BCUT2D eigenvalue weighted by molar-refractivity contribution is 6.02. The molecular formula is C20H15F2N5O3. The number of fused-ring (bicyclic) bond motifs is 1. The van der Waals surface area contributed by atoms with E-state index in [0.29, 0.717) is 24.5 Å². The Labute approximate surface area is 169 Å². The number of imidazole rings is 1. The van der Waals surface area contributed by atoms with Crippen molar-refractivity contribution >= 4 is 11.8 Å². The molecule has 4 heterocycles. The summed E-state index contributed by atoms with van der Waals surface area (Å²) in [5.74, 6) is -2.19. The van der Waals surface area contributed by atoms with E-state index in [1.165, 1.54) is 34.1 Å². The van der Waals surface area contributed by atoms with E-state index in [1.807, 2.05) is 0 Å². The molecule has 152 valence electrons. The van der Waals surface area contributed by atoms with E-state index in [2.05, 4.69) is 15.3 Å². The molecule has 0 bridgehead atoms. The summed E-state index contributed by atoms with van der Waals surface area (Å²) in [4.78, 5) is 34.9. The summed E-state index contributed by atoms with van der Waals surface area (Å²) >= 11 is 0. The third-order valence-corrected chi connectivity index (χ3v) is 5.06. The van der Waals surface area contributed by atoms with Crippen LogP contribution in [0, 0.1) is 11.6 Å². The SMILES string of the molecule is O=C1NCc2nc(-c3c(F)cccc3F)cc(-n3cnc(C(=O)N4CCOC4)c3)c21. The Balaban J connectivity index is 1.63. The molecule has 3 aromatic rings. The zero-order valence-electron chi connectivity index (χ0n) is 15.6. The molecular weight excluding hydrogens is 396 g/mol. The molecule has 5 rings (SSSR count). The molecule has 2 aromatic heterocycles. The lowest BCUT2D eigenvalue weighted by Gasteiger charge is -2.12. The second-order valence-electron chi connectivity index (χ2n) is 6.90. The van der Waals surface area contributed by atoms with Crippen molar-refractivity contribution in [3.8, 4) is 16.9 Å². The predicted octanol–water partition coefficient (Wildman–Crippen LogP) is 1.89. The van der Waals surface area contributed by atoms with Gasteiger partial charge in [0, 0.05) is 12.7 Å². The van der Waals surface area contributed by atoms with Gasteiger partial charge in [0.2, 0.25) is 0 Å². The van der Waals surface area contributed by atoms with E-state index < -0.39 is 11.6 Å². The van der Waals surface area contributed by atoms with Gasteiger partial charge in [-0.2, -0.15) is 0 Å². The molecule has 0 unspecified atom stereocenters. The summed E-state index contributed by atoms with van der Waals surface area (Å²) in [7, 11) is 0. The average molecular weight is 411 g/mol. The number of ether oxygens (including phenoxy) is 1. The van der Waals surface area contributed by atoms with Crippen molar-refractivity contribution < 1.29 is 23.1 Å². The van der Waals surface area contributed by atoms with Crippen molar-refractivity contribution in [1.82, 2.24) is 24.8 Å². The van der Waals surface area contributed by atoms with Gasteiger partial charge in [0.1, 0.15) is 30.4 Å². The van der Waals surface area contributed by atoms with Crippen LogP contribution in [0.25, 0.3) is 16.9 Å². The van der Waals surface area contributed by atoms with Crippen LogP contribution in [0.1, 0.15) is 26.5 Å². The Hall–Kier alpha value is -3.66. The van der Waals surface area contributed by atoms with E-state index in [0.717, 1.165) is 12.1 Å². The highest BCUT2D eigenvalue weighted by atomic mass is 19.1. The van der Waals surface area contributed by atoms with Crippen molar-refractivity contribution in [1.29, 1.82) is 0 Å². The highest BCUT2D eigenvalue weighted by Crippen LogP contribution is 2.31. The second-order valence-corrected chi connectivity index (χ2v) is 6.90. The van der Waals surface area contributed by atoms with Crippen LogP contribution in [0.3, 0.4) is 0 Å². The molecule has 2 aliphatic heterocycles. The Bertz CT molecular complexity index is 1170. The first-order chi connectivity index (χ1) is 14.5. The van der Waals surface area contributed by atoms with Crippen LogP contribution >= 0.6 is 0 Å². The first-order valence-corrected chi connectivity index (χ1v) is 9.21. The largest absolute Gasteiger partial charge is 0.359 e. The van der Waals surface area contributed by atoms with E-state index >= 15 is 0 Å². The molecule has 0 saturated carbocycles. The Morgan fingerprint density at radius 1 is 1.20 bits per heavy atom. The second kappa shape index (κ2) is 6.99. The lowest BCUT2D eigenvalue weighted by Crippen LogP contribution is -2.28. The summed E-state index contributed by atoms with van der Waals surface area (Å²) in [6.45, 7) is 1.25. The standard InChI is InChI=1S/C20H15F2N5O3/c21-11-2-1-3-12(22)17(11)13-6-16(18-14(25-13)7-23-19(18)28)27-8-15(24-9-27)20(29)26-4-5-30-10-26/h1-3,6,8-9H,4-5,7,10H2,(H,23,28). The maximum Gasteiger partial charge on any atom is 0.275 e. The summed E-state index contributed by atoms with van der Waals surface area (Å²) in [6.07, 6.45) is 2.86. The van der Waals surface area contributed by atoms with Crippen LogP contribution in [-0.2, 0) is 11.3 Å². The number of hydrogen-bond donors (Lipinski definition) is 1. The van der Waals surface area contributed by atoms with Crippen LogP contribution in [0.4, 0.5) is 8.78 Å². The quantitative estimate of drug-likeness (QED) is 0.711. The Morgan fingerprint density at radius 2 is 2.00 bits per heavy atom. The number of amides is 2. The lowest BCUT2D eigenvalue weighted by atomic mass is 10.1. The third kappa shape index (κ3) is 2.92.